The van der Waals surface area contributed by atoms with Crippen LogP contribution in [0.2, 0.25) is 0 Å². The van der Waals surface area contributed by atoms with Crippen molar-refractivity contribution in [1.29, 1.82) is 0 Å². The van der Waals surface area contributed by atoms with Gasteiger partial charge in [0.1, 0.15) is 5.82 Å². The second-order valence-corrected chi connectivity index (χ2v) is 11.8. The van der Waals surface area contributed by atoms with E-state index in [1.54, 1.807) is 17.0 Å². The summed E-state index contributed by atoms with van der Waals surface area (Å²) >= 11 is 2.56. The maximum Gasteiger partial charge on any atom is 0.233 e. The maximum atomic E-state index is 13.1. The van der Waals surface area contributed by atoms with E-state index in [9.17, 15) is 17.6 Å². The first-order valence-corrected chi connectivity index (χ1v) is 13.5. The van der Waals surface area contributed by atoms with Crippen LogP contribution in [0.3, 0.4) is 0 Å². The number of anilines is 2. The van der Waals surface area contributed by atoms with Gasteiger partial charge in [0.2, 0.25) is 11.0 Å². The second kappa shape index (κ2) is 9.97. The lowest BCUT2D eigenvalue weighted by Gasteiger charge is -2.28. The zero-order valence-corrected chi connectivity index (χ0v) is 19.4. The number of nitrogens with zero attached hydrogens (tertiary/aromatic N) is 3. The van der Waals surface area contributed by atoms with Crippen LogP contribution in [0.4, 0.5) is 15.2 Å². The fourth-order valence-electron chi connectivity index (χ4n) is 3.40. The number of amides is 1. The van der Waals surface area contributed by atoms with Gasteiger partial charge < -0.3 is 10.2 Å². The lowest BCUT2D eigenvalue weighted by molar-refractivity contribution is -0.130. The van der Waals surface area contributed by atoms with Gasteiger partial charge in [-0.05, 0) is 36.2 Å². The molecule has 1 aliphatic rings. The lowest BCUT2D eigenvalue weighted by atomic mass is 10.1. The van der Waals surface area contributed by atoms with Gasteiger partial charge in [0.25, 0.3) is 0 Å². The highest BCUT2D eigenvalue weighted by molar-refractivity contribution is 8.01. The third kappa shape index (κ3) is 6.05. The largest absolute Gasteiger partial charge is 0.334 e. The quantitative estimate of drug-likeness (QED) is 0.479. The minimum absolute atomic E-state index is 0.000780. The fourth-order valence-corrected chi connectivity index (χ4v) is 6.79. The lowest BCUT2D eigenvalue weighted by Crippen LogP contribution is -2.41. The number of aromatic nitrogens is 2. The molecule has 1 amide bonds. The molecule has 0 radical (unpaired) electrons. The molecule has 1 saturated heterocycles. The SMILES string of the molecule is O=C(CSc1nnc(Nc2ccc(F)cc2)s1)N(Cc1ccccc1)[C@H]1CCS(=O)(=O)C1. The van der Waals surface area contributed by atoms with Gasteiger partial charge in [-0.3, -0.25) is 4.79 Å². The summed E-state index contributed by atoms with van der Waals surface area (Å²) in [6.07, 6.45) is 0.454. The number of benzene rings is 2. The van der Waals surface area contributed by atoms with Crippen molar-refractivity contribution >= 4 is 49.7 Å². The van der Waals surface area contributed by atoms with E-state index < -0.39 is 9.84 Å². The number of carbonyl (C=O) groups is 1. The molecule has 1 aromatic heterocycles. The van der Waals surface area contributed by atoms with Crippen molar-refractivity contribution in [1.82, 2.24) is 15.1 Å². The summed E-state index contributed by atoms with van der Waals surface area (Å²) in [4.78, 5) is 14.7. The topological polar surface area (TPSA) is 92.3 Å². The van der Waals surface area contributed by atoms with Crippen LogP contribution in [0.15, 0.2) is 58.9 Å². The van der Waals surface area contributed by atoms with Crippen LogP contribution in [-0.2, 0) is 21.2 Å². The van der Waals surface area contributed by atoms with E-state index in [1.807, 2.05) is 30.3 Å². The average Bonchev–Trinajstić information content (AvgIpc) is 3.38. The van der Waals surface area contributed by atoms with E-state index in [0.717, 1.165) is 5.56 Å². The van der Waals surface area contributed by atoms with E-state index in [0.29, 0.717) is 28.1 Å². The van der Waals surface area contributed by atoms with E-state index in [4.69, 9.17) is 0 Å². The summed E-state index contributed by atoms with van der Waals surface area (Å²) in [5.74, 6) is -0.213. The third-order valence-corrected chi connectivity index (χ3v) is 8.69. The monoisotopic (exact) mass is 492 g/mol. The smallest absolute Gasteiger partial charge is 0.233 e. The van der Waals surface area contributed by atoms with Crippen LogP contribution in [0.1, 0.15) is 12.0 Å². The summed E-state index contributed by atoms with van der Waals surface area (Å²) < 4.78 is 37.6. The molecule has 168 valence electrons. The molecule has 32 heavy (non-hydrogen) atoms. The molecular weight excluding hydrogens is 471 g/mol. The zero-order chi connectivity index (χ0) is 22.6. The van der Waals surface area contributed by atoms with Crippen molar-refractivity contribution in [3.8, 4) is 0 Å². The Balaban J connectivity index is 1.39. The molecule has 0 aliphatic carbocycles. The molecule has 2 heterocycles. The number of sulfone groups is 1. The Morgan fingerprint density at radius 3 is 2.59 bits per heavy atom. The first kappa shape index (κ1) is 22.7. The van der Waals surface area contributed by atoms with Crippen LogP contribution in [0, 0.1) is 5.82 Å². The molecule has 0 unspecified atom stereocenters. The molecule has 1 fully saturated rings. The highest BCUT2D eigenvalue weighted by Gasteiger charge is 2.34. The van der Waals surface area contributed by atoms with E-state index >= 15 is 0 Å². The summed E-state index contributed by atoms with van der Waals surface area (Å²) in [5, 5.41) is 11.7. The van der Waals surface area contributed by atoms with Gasteiger partial charge in [-0.1, -0.05) is 53.4 Å². The predicted molar refractivity (Wildman–Crippen MR) is 124 cm³/mol. The molecular formula is C21H21FN4O3S3. The summed E-state index contributed by atoms with van der Waals surface area (Å²) in [7, 11) is -3.12. The molecule has 7 nitrogen and oxygen atoms in total. The highest BCUT2D eigenvalue weighted by Crippen LogP contribution is 2.29. The normalized spacial score (nSPS) is 17.2. The van der Waals surface area contributed by atoms with Crippen LogP contribution in [0.25, 0.3) is 0 Å². The van der Waals surface area contributed by atoms with Gasteiger partial charge in [0.15, 0.2) is 14.2 Å². The Bertz CT molecular complexity index is 1170. The predicted octanol–water partition coefficient (Wildman–Crippen LogP) is 3.73. The molecule has 1 N–H and O–H groups in total. The number of carbonyl (C=O) groups excluding carboxylic acids is 1. The first-order valence-electron chi connectivity index (χ1n) is 9.91. The van der Waals surface area contributed by atoms with Gasteiger partial charge in [-0.2, -0.15) is 0 Å². The van der Waals surface area contributed by atoms with Crippen molar-refractivity contribution in [3.63, 3.8) is 0 Å². The number of thioether (sulfide) groups is 1. The third-order valence-electron chi connectivity index (χ3n) is 4.99. The first-order chi connectivity index (χ1) is 15.4. The molecule has 1 aliphatic heterocycles. The van der Waals surface area contributed by atoms with Gasteiger partial charge >= 0.3 is 0 Å². The van der Waals surface area contributed by atoms with Crippen LogP contribution < -0.4 is 5.32 Å². The van der Waals surface area contributed by atoms with E-state index in [2.05, 4.69) is 15.5 Å². The highest BCUT2D eigenvalue weighted by atomic mass is 32.2. The molecule has 4 rings (SSSR count). The average molecular weight is 493 g/mol. The van der Waals surface area contributed by atoms with Crippen molar-refractivity contribution in [2.75, 3.05) is 22.6 Å². The Kier molecular flexibility index (Phi) is 7.07. The summed E-state index contributed by atoms with van der Waals surface area (Å²) in [6, 6.07) is 15.1. The number of hydrogen-bond acceptors (Lipinski definition) is 8. The molecule has 0 saturated carbocycles. The summed E-state index contributed by atoms with van der Waals surface area (Å²) in [6.45, 7) is 0.369. The molecule has 3 aromatic rings. The van der Waals surface area contributed by atoms with Crippen molar-refractivity contribution < 1.29 is 17.6 Å². The molecule has 1 atom stereocenters. The van der Waals surface area contributed by atoms with Gasteiger partial charge in [-0.15, -0.1) is 10.2 Å². The Labute approximate surface area is 194 Å². The number of rotatable bonds is 8. The molecule has 0 bridgehead atoms. The molecule has 0 spiro atoms. The zero-order valence-electron chi connectivity index (χ0n) is 17.0. The Morgan fingerprint density at radius 2 is 1.91 bits per heavy atom. The Hall–Kier alpha value is -2.50. The molecule has 11 heteroatoms. The summed E-state index contributed by atoms with van der Waals surface area (Å²) in [5.41, 5.74) is 1.64. The maximum absolute atomic E-state index is 13.1. The van der Waals surface area contributed by atoms with E-state index in [-0.39, 0.29) is 35.0 Å². The standard InChI is InChI=1S/C21H21FN4O3S3/c22-16-6-8-17(9-7-16)23-20-24-25-21(31-20)30-13-19(27)26(12-15-4-2-1-3-5-15)18-10-11-32(28,29)14-18/h1-9,18H,10-14H2,(H,23,24)/t18-/m0/s1. The minimum Gasteiger partial charge on any atom is -0.334 e. The van der Waals surface area contributed by atoms with Gasteiger partial charge in [0.05, 0.1) is 17.3 Å². The van der Waals surface area contributed by atoms with Crippen molar-refractivity contribution in [3.05, 3.63) is 66.0 Å². The van der Waals surface area contributed by atoms with Gasteiger partial charge in [0, 0.05) is 18.3 Å². The number of nitrogens with one attached hydrogen (secondary N) is 1. The Morgan fingerprint density at radius 1 is 1.16 bits per heavy atom. The minimum atomic E-state index is -3.12. The van der Waals surface area contributed by atoms with Crippen molar-refractivity contribution in [2.45, 2.75) is 23.3 Å². The van der Waals surface area contributed by atoms with Crippen LogP contribution in [-0.4, -0.2) is 52.7 Å². The van der Waals surface area contributed by atoms with Crippen LogP contribution >= 0.6 is 23.1 Å². The second-order valence-electron chi connectivity index (χ2n) is 7.36. The van der Waals surface area contributed by atoms with E-state index in [1.165, 1.54) is 35.2 Å². The fraction of sp³-hybridized carbons (Fsp3) is 0.286. The molecule has 2 aromatic carbocycles. The van der Waals surface area contributed by atoms with Crippen LogP contribution in [0.5, 0.6) is 0 Å². The van der Waals surface area contributed by atoms with Crippen molar-refractivity contribution in [2.24, 2.45) is 0 Å². The number of halogens is 1. The number of hydrogen-bond donors (Lipinski definition) is 1. The van der Waals surface area contributed by atoms with Gasteiger partial charge in [-0.25, -0.2) is 12.8 Å².